The summed E-state index contributed by atoms with van der Waals surface area (Å²) in [6.07, 6.45) is 2.38. The third-order valence-corrected chi connectivity index (χ3v) is 1.36. The molecule has 0 amide bonds. The Morgan fingerprint density at radius 1 is 1.47 bits per heavy atom. The van der Waals surface area contributed by atoms with E-state index in [1.807, 2.05) is 0 Å². The number of nitrogens with two attached hydrogens (primary N) is 1. The van der Waals surface area contributed by atoms with Gasteiger partial charge in [-0.25, -0.2) is 4.79 Å². The maximum atomic E-state index is 10.2. The van der Waals surface area contributed by atoms with Crippen molar-refractivity contribution in [3.05, 3.63) is 0 Å². The molecule has 8 N–H and O–H groups in total. The summed E-state index contributed by atoms with van der Waals surface area (Å²) in [6.45, 7) is 0.631. The van der Waals surface area contributed by atoms with Gasteiger partial charge in [-0.05, 0) is 19.4 Å². The van der Waals surface area contributed by atoms with Gasteiger partial charge in [0.15, 0.2) is 6.04 Å². The standard InChI is InChI=1S/C6H14N2O2.H3O4P/c7-4-2-1-3-5(8)6(9)10;1-5(2,3)4/h5H,1-4,7-8H2,(H,9,10);(H3,1,2,3,4)/t5-;/m0./s1. The van der Waals surface area contributed by atoms with E-state index < -0.39 is 19.8 Å². The lowest BCUT2D eigenvalue weighted by Gasteiger charge is -2.01. The second kappa shape index (κ2) is 8.78. The molecular formula is C6H17N2O6P. The maximum absolute atomic E-state index is 10.2. The lowest BCUT2D eigenvalue weighted by molar-refractivity contribution is -0.409. The average molecular weight is 244 g/mol. The summed E-state index contributed by atoms with van der Waals surface area (Å²) in [5.74, 6) is -0.822. The van der Waals surface area contributed by atoms with Crippen molar-refractivity contribution in [2.24, 2.45) is 5.73 Å². The third kappa shape index (κ3) is 24.7. The first kappa shape index (κ1) is 16.9. The molecule has 0 aromatic rings. The summed E-state index contributed by atoms with van der Waals surface area (Å²) in [7, 11) is -4.89. The molecule has 8 nitrogen and oxygen atoms in total. The van der Waals surface area contributed by atoms with Crippen molar-refractivity contribution in [3.63, 3.8) is 0 Å². The molecule has 1 atom stereocenters. The Bertz CT molecular complexity index is 209. The highest BCUT2D eigenvalue weighted by atomic mass is 31.2. The largest absolute Gasteiger partial charge is 0.756 e. The number of carbonyl (C=O) groups is 1. The molecule has 0 aliphatic rings. The van der Waals surface area contributed by atoms with Crippen LogP contribution in [0.25, 0.3) is 0 Å². The Hall–Kier alpha value is -0.500. The molecule has 0 unspecified atom stereocenters. The molecule has 9 heteroatoms. The van der Waals surface area contributed by atoms with Crippen LogP contribution in [0.2, 0.25) is 0 Å². The number of quaternary nitrogens is 1. The van der Waals surface area contributed by atoms with Gasteiger partial charge in [0.05, 0.1) is 0 Å². The summed E-state index contributed by atoms with van der Waals surface area (Å²) in [5.41, 5.74) is 8.69. The lowest BCUT2D eigenvalue weighted by atomic mass is 10.1. The van der Waals surface area contributed by atoms with Crippen molar-refractivity contribution in [3.8, 4) is 0 Å². The van der Waals surface area contributed by atoms with Crippen LogP contribution < -0.4 is 16.4 Å². The predicted octanol–water partition coefficient (Wildman–Crippen LogP) is -2.75. The molecule has 0 aliphatic carbocycles. The summed E-state index contributed by atoms with van der Waals surface area (Å²) in [6, 6.07) is -0.466. The zero-order valence-electron chi connectivity index (χ0n) is 8.20. The van der Waals surface area contributed by atoms with Gasteiger partial charge in [0.2, 0.25) is 0 Å². The van der Waals surface area contributed by atoms with Crippen LogP contribution in [0.5, 0.6) is 0 Å². The van der Waals surface area contributed by atoms with Crippen LogP contribution in [0.3, 0.4) is 0 Å². The molecule has 0 aromatic heterocycles. The van der Waals surface area contributed by atoms with Crippen LogP contribution in [0.1, 0.15) is 19.3 Å². The summed E-state index contributed by atoms with van der Waals surface area (Å²) >= 11 is 0. The highest BCUT2D eigenvalue weighted by Gasteiger charge is 2.13. The van der Waals surface area contributed by atoms with Crippen LogP contribution in [0.15, 0.2) is 0 Å². The normalized spacial score (nSPS) is 12.6. The average Bonchev–Trinajstić information content (AvgIpc) is 2.01. The quantitative estimate of drug-likeness (QED) is 0.257. The van der Waals surface area contributed by atoms with Crippen molar-refractivity contribution < 1.29 is 34.9 Å². The van der Waals surface area contributed by atoms with Crippen LogP contribution in [-0.4, -0.2) is 33.4 Å². The van der Waals surface area contributed by atoms with E-state index in [1.165, 1.54) is 0 Å². The van der Waals surface area contributed by atoms with E-state index in [0.29, 0.717) is 13.0 Å². The van der Waals surface area contributed by atoms with Crippen LogP contribution in [0.4, 0.5) is 0 Å². The number of carboxylic acid groups (broad SMARTS) is 1. The monoisotopic (exact) mass is 244 g/mol. The molecule has 0 rings (SSSR count). The van der Waals surface area contributed by atoms with Crippen LogP contribution in [-0.2, 0) is 9.36 Å². The Morgan fingerprint density at radius 2 is 1.87 bits per heavy atom. The van der Waals surface area contributed by atoms with Gasteiger partial charge < -0.3 is 31.3 Å². The molecular weight excluding hydrogens is 227 g/mol. The van der Waals surface area contributed by atoms with Crippen molar-refractivity contribution in [1.82, 2.24) is 0 Å². The molecule has 0 fully saturated rings. The second-order valence-electron chi connectivity index (χ2n) is 2.81. The predicted molar refractivity (Wildman–Crippen MR) is 49.3 cm³/mol. The Balaban J connectivity index is 0. The molecule has 0 aliphatic heterocycles. The molecule has 0 bridgehead atoms. The number of hydrogen-bond donors (Lipinski definition) is 5. The molecule has 0 saturated carbocycles. The topological polar surface area (TPSA) is 172 Å². The fraction of sp³-hybridized carbons (Fsp3) is 0.833. The zero-order chi connectivity index (χ0) is 12.5. The molecule has 0 heterocycles. The number of phosphoric acid groups is 1. The molecule has 0 saturated heterocycles. The first-order chi connectivity index (χ1) is 6.68. The molecule has 0 aromatic carbocycles. The fourth-order valence-electron chi connectivity index (χ4n) is 0.659. The van der Waals surface area contributed by atoms with E-state index in [0.717, 1.165) is 12.8 Å². The summed E-state index contributed by atoms with van der Waals surface area (Å²) in [5, 5.41) is 8.39. The van der Waals surface area contributed by atoms with Gasteiger partial charge in [-0.15, -0.1) is 0 Å². The lowest BCUT2D eigenvalue weighted by Crippen LogP contribution is -2.64. The Morgan fingerprint density at radius 3 is 2.13 bits per heavy atom. The molecule has 0 spiro atoms. The van der Waals surface area contributed by atoms with Crippen LogP contribution in [0, 0.1) is 0 Å². The number of carboxylic acids is 1. The summed E-state index contributed by atoms with van der Waals surface area (Å²) in [4.78, 5) is 33.1. The minimum atomic E-state index is -4.89. The van der Waals surface area contributed by atoms with Gasteiger partial charge in [0.1, 0.15) is 0 Å². The highest BCUT2D eigenvalue weighted by Crippen LogP contribution is 2.18. The number of rotatable bonds is 5. The van der Waals surface area contributed by atoms with Gasteiger partial charge in [-0.3, -0.25) is 4.57 Å². The highest BCUT2D eigenvalue weighted by molar-refractivity contribution is 7.43. The van der Waals surface area contributed by atoms with E-state index in [1.54, 1.807) is 0 Å². The van der Waals surface area contributed by atoms with E-state index in [4.69, 9.17) is 30.1 Å². The van der Waals surface area contributed by atoms with Crippen molar-refractivity contribution in [2.45, 2.75) is 25.3 Å². The van der Waals surface area contributed by atoms with Gasteiger partial charge >= 0.3 is 5.97 Å². The van der Waals surface area contributed by atoms with E-state index in [2.05, 4.69) is 5.73 Å². The number of hydrogen-bond acceptors (Lipinski definition) is 4. The van der Waals surface area contributed by atoms with Gasteiger partial charge in [-0.1, -0.05) is 0 Å². The number of unbranched alkanes of at least 4 members (excludes halogenated alkanes) is 1. The van der Waals surface area contributed by atoms with Gasteiger partial charge in [0.25, 0.3) is 7.82 Å². The SMILES string of the molecule is NCCCC[C@H]([NH3+])C(=O)O.O=P([O-])(O)O. The van der Waals surface area contributed by atoms with E-state index in [-0.39, 0.29) is 0 Å². The second-order valence-corrected chi connectivity index (χ2v) is 3.79. The Labute approximate surface area is 87.1 Å². The fourth-order valence-corrected chi connectivity index (χ4v) is 0.659. The van der Waals surface area contributed by atoms with E-state index in [9.17, 15) is 4.79 Å². The number of aliphatic carboxylic acids is 1. The molecule has 0 radical (unpaired) electrons. The van der Waals surface area contributed by atoms with Crippen molar-refractivity contribution >= 4 is 13.8 Å². The molecule has 92 valence electrons. The first-order valence-electron chi connectivity index (χ1n) is 4.21. The minimum absolute atomic E-state index is 0.466. The third-order valence-electron chi connectivity index (χ3n) is 1.36. The van der Waals surface area contributed by atoms with Gasteiger partial charge in [0, 0.05) is 6.42 Å². The first-order valence-corrected chi connectivity index (χ1v) is 5.74. The smallest absolute Gasteiger partial charge is 0.362 e. The van der Waals surface area contributed by atoms with Crippen LogP contribution >= 0.6 is 7.82 Å². The maximum Gasteiger partial charge on any atom is 0.362 e. The summed E-state index contributed by atoms with van der Waals surface area (Å²) < 4.78 is 8.77. The van der Waals surface area contributed by atoms with E-state index >= 15 is 0 Å². The van der Waals surface area contributed by atoms with Crippen molar-refractivity contribution in [1.29, 1.82) is 0 Å². The van der Waals surface area contributed by atoms with Gasteiger partial charge in [-0.2, -0.15) is 0 Å². The van der Waals surface area contributed by atoms with Crippen molar-refractivity contribution in [2.75, 3.05) is 6.54 Å². The molecule has 15 heavy (non-hydrogen) atoms. The Kier molecular flexibility index (Phi) is 9.90. The minimum Gasteiger partial charge on any atom is -0.756 e. The zero-order valence-corrected chi connectivity index (χ0v) is 9.10.